The molecule has 0 spiro atoms. The third-order valence-electron chi connectivity index (χ3n) is 4.18. The normalized spacial score (nSPS) is 10.5. The largest absolute Gasteiger partial charge is 0.423 e. The van der Waals surface area contributed by atoms with E-state index in [2.05, 4.69) is 15.8 Å². The van der Waals surface area contributed by atoms with Crippen LogP contribution in [0.3, 0.4) is 0 Å². The summed E-state index contributed by atoms with van der Waals surface area (Å²) in [6, 6.07) is 24.2. The van der Waals surface area contributed by atoms with Gasteiger partial charge in [0.25, 0.3) is 5.91 Å². The van der Waals surface area contributed by atoms with E-state index in [-0.39, 0.29) is 24.8 Å². The van der Waals surface area contributed by atoms with Gasteiger partial charge in [-0.05, 0) is 54.1 Å². The lowest BCUT2D eigenvalue weighted by Crippen LogP contribution is -2.28. The summed E-state index contributed by atoms with van der Waals surface area (Å²) in [4.78, 5) is 35.8. The minimum atomic E-state index is -0.436. The average Bonchev–Trinajstić information content (AvgIpc) is 2.81. The Morgan fingerprint density at radius 1 is 0.806 bits per heavy atom. The first-order valence-electron chi connectivity index (χ1n) is 9.64. The maximum Gasteiger partial charge on any atom is 0.343 e. The molecule has 2 N–H and O–H groups in total. The summed E-state index contributed by atoms with van der Waals surface area (Å²) in [5.41, 5.74) is 4.14. The van der Waals surface area contributed by atoms with Crippen LogP contribution in [0.15, 0.2) is 90.0 Å². The van der Waals surface area contributed by atoms with E-state index in [1.807, 2.05) is 12.1 Å². The molecule has 156 valence electrons. The maximum atomic E-state index is 12.0. The van der Waals surface area contributed by atoms with Crippen LogP contribution in [0, 0.1) is 0 Å². The molecule has 0 aromatic heterocycles. The maximum absolute atomic E-state index is 12.0. The Morgan fingerprint density at radius 2 is 1.42 bits per heavy atom. The number of carbonyl (C=O) groups excluding carboxylic acids is 3. The van der Waals surface area contributed by atoms with Crippen LogP contribution in [0.25, 0.3) is 0 Å². The highest BCUT2D eigenvalue weighted by Crippen LogP contribution is 2.13. The first-order valence-corrected chi connectivity index (χ1v) is 9.64. The zero-order valence-corrected chi connectivity index (χ0v) is 16.7. The summed E-state index contributed by atoms with van der Waals surface area (Å²) in [5.74, 6) is -0.583. The molecule has 3 aromatic carbocycles. The summed E-state index contributed by atoms with van der Waals surface area (Å²) in [5, 5.41) is 6.57. The Hall–Kier alpha value is -4.26. The Bertz CT molecular complexity index is 1050. The monoisotopic (exact) mass is 415 g/mol. The number of nitrogens with zero attached hydrogens (tertiary/aromatic N) is 1. The Morgan fingerprint density at radius 3 is 2.06 bits per heavy atom. The van der Waals surface area contributed by atoms with Crippen molar-refractivity contribution in [3.63, 3.8) is 0 Å². The SMILES string of the molecule is O=C(CCNC(=O)c1ccccc1)NN=Cc1ccc(OC(=O)c2ccccc2)cc1. The molecule has 7 heteroatoms. The van der Waals surface area contributed by atoms with Crippen molar-refractivity contribution in [1.29, 1.82) is 0 Å². The number of hydrazone groups is 1. The van der Waals surface area contributed by atoms with Gasteiger partial charge in [0, 0.05) is 18.5 Å². The number of benzene rings is 3. The van der Waals surface area contributed by atoms with Crippen LogP contribution in [-0.2, 0) is 4.79 Å². The summed E-state index contributed by atoms with van der Waals surface area (Å²) < 4.78 is 5.31. The van der Waals surface area contributed by atoms with Gasteiger partial charge < -0.3 is 10.1 Å². The van der Waals surface area contributed by atoms with Gasteiger partial charge in [-0.2, -0.15) is 5.10 Å². The van der Waals surface area contributed by atoms with Crippen LogP contribution in [0.5, 0.6) is 5.75 Å². The lowest BCUT2D eigenvalue weighted by molar-refractivity contribution is -0.120. The van der Waals surface area contributed by atoms with Crippen molar-refractivity contribution in [3.8, 4) is 5.75 Å². The molecule has 0 aliphatic heterocycles. The summed E-state index contributed by atoms with van der Waals surface area (Å²) in [6.45, 7) is 0.205. The second-order valence-corrected chi connectivity index (χ2v) is 6.49. The Kier molecular flexibility index (Phi) is 7.65. The van der Waals surface area contributed by atoms with Crippen molar-refractivity contribution in [2.24, 2.45) is 5.10 Å². The molecule has 0 saturated carbocycles. The molecule has 0 bridgehead atoms. The Labute approximate surface area is 179 Å². The molecule has 7 nitrogen and oxygen atoms in total. The number of esters is 1. The van der Waals surface area contributed by atoms with E-state index in [9.17, 15) is 14.4 Å². The van der Waals surface area contributed by atoms with E-state index in [4.69, 9.17) is 4.74 Å². The molecule has 0 fully saturated rings. The van der Waals surface area contributed by atoms with E-state index < -0.39 is 5.97 Å². The third-order valence-corrected chi connectivity index (χ3v) is 4.18. The molecule has 3 rings (SSSR count). The van der Waals surface area contributed by atoms with Gasteiger partial charge in [-0.15, -0.1) is 0 Å². The molecule has 0 aliphatic rings. The van der Waals surface area contributed by atoms with Gasteiger partial charge in [-0.1, -0.05) is 36.4 Å². The van der Waals surface area contributed by atoms with Crippen LogP contribution < -0.4 is 15.5 Å². The lowest BCUT2D eigenvalue weighted by atomic mass is 10.2. The molecule has 31 heavy (non-hydrogen) atoms. The standard InChI is InChI=1S/C24H21N3O4/c28-22(15-16-25-23(29)19-7-3-1-4-8-19)27-26-17-18-11-13-21(14-12-18)31-24(30)20-9-5-2-6-10-20/h1-14,17H,15-16H2,(H,25,29)(H,27,28). The first kappa shape index (κ1) is 21.4. The molecular formula is C24H21N3O4. The molecule has 0 unspecified atom stereocenters. The van der Waals surface area contributed by atoms with Gasteiger partial charge in [0.1, 0.15) is 5.75 Å². The second-order valence-electron chi connectivity index (χ2n) is 6.49. The lowest BCUT2D eigenvalue weighted by Gasteiger charge is -2.05. The number of carbonyl (C=O) groups is 3. The molecule has 0 radical (unpaired) electrons. The summed E-state index contributed by atoms with van der Waals surface area (Å²) in [7, 11) is 0. The van der Waals surface area contributed by atoms with E-state index in [0.29, 0.717) is 16.9 Å². The van der Waals surface area contributed by atoms with Crippen LogP contribution in [0.2, 0.25) is 0 Å². The van der Waals surface area contributed by atoms with E-state index in [1.165, 1.54) is 6.21 Å². The van der Waals surface area contributed by atoms with Crippen molar-refractivity contribution in [1.82, 2.24) is 10.7 Å². The van der Waals surface area contributed by atoms with Crippen molar-refractivity contribution < 1.29 is 19.1 Å². The number of hydrogen-bond donors (Lipinski definition) is 2. The fourth-order valence-corrected chi connectivity index (χ4v) is 2.58. The predicted molar refractivity (Wildman–Crippen MR) is 117 cm³/mol. The molecule has 0 heterocycles. The number of rotatable bonds is 8. The number of nitrogens with one attached hydrogen (secondary N) is 2. The van der Waals surface area contributed by atoms with Crippen LogP contribution in [0.1, 0.15) is 32.7 Å². The third kappa shape index (κ3) is 6.93. The van der Waals surface area contributed by atoms with Crippen LogP contribution >= 0.6 is 0 Å². The molecular weight excluding hydrogens is 394 g/mol. The van der Waals surface area contributed by atoms with Crippen LogP contribution in [0.4, 0.5) is 0 Å². The highest BCUT2D eigenvalue weighted by molar-refractivity contribution is 5.94. The van der Waals surface area contributed by atoms with Crippen LogP contribution in [-0.4, -0.2) is 30.5 Å². The van der Waals surface area contributed by atoms with Crippen molar-refractivity contribution in [3.05, 3.63) is 102 Å². The minimum absolute atomic E-state index is 0.101. The number of ether oxygens (including phenoxy) is 1. The number of amides is 2. The second kappa shape index (κ2) is 11.1. The van der Waals surface area contributed by atoms with E-state index in [1.54, 1.807) is 72.8 Å². The molecule has 3 aromatic rings. The zero-order chi connectivity index (χ0) is 21.9. The van der Waals surface area contributed by atoms with Gasteiger partial charge in [-0.3, -0.25) is 9.59 Å². The van der Waals surface area contributed by atoms with E-state index in [0.717, 1.165) is 5.56 Å². The van der Waals surface area contributed by atoms with Gasteiger partial charge in [0.15, 0.2) is 0 Å². The quantitative estimate of drug-likeness (QED) is 0.256. The zero-order valence-electron chi connectivity index (χ0n) is 16.7. The molecule has 2 amide bonds. The van der Waals surface area contributed by atoms with E-state index >= 15 is 0 Å². The average molecular weight is 415 g/mol. The van der Waals surface area contributed by atoms with Crippen molar-refractivity contribution >= 4 is 24.0 Å². The molecule has 0 atom stereocenters. The highest BCUT2D eigenvalue weighted by atomic mass is 16.5. The first-order chi connectivity index (χ1) is 15.1. The molecule has 0 saturated heterocycles. The minimum Gasteiger partial charge on any atom is -0.423 e. The fraction of sp³-hybridized carbons (Fsp3) is 0.0833. The fourth-order valence-electron chi connectivity index (χ4n) is 2.58. The topological polar surface area (TPSA) is 96.9 Å². The summed E-state index contributed by atoms with van der Waals surface area (Å²) >= 11 is 0. The predicted octanol–water partition coefficient (Wildman–Crippen LogP) is 3.18. The van der Waals surface area contributed by atoms with Crippen molar-refractivity contribution in [2.45, 2.75) is 6.42 Å². The molecule has 0 aliphatic carbocycles. The smallest absolute Gasteiger partial charge is 0.343 e. The van der Waals surface area contributed by atoms with Gasteiger partial charge >= 0.3 is 5.97 Å². The number of hydrogen-bond acceptors (Lipinski definition) is 5. The highest BCUT2D eigenvalue weighted by Gasteiger charge is 2.07. The van der Waals surface area contributed by atoms with Gasteiger partial charge in [0.05, 0.1) is 11.8 Å². The van der Waals surface area contributed by atoms with Gasteiger partial charge in [-0.25, -0.2) is 10.2 Å². The van der Waals surface area contributed by atoms with Gasteiger partial charge in [0.2, 0.25) is 5.91 Å². The van der Waals surface area contributed by atoms with Crippen molar-refractivity contribution in [2.75, 3.05) is 6.54 Å². The Balaban J connectivity index is 1.39. The summed E-state index contributed by atoms with van der Waals surface area (Å²) in [6.07, 6.45) is 1.58.